The first-order valence-electron chi connectivity index (χ1n) is 14.8. The lowest BCUT2D eigenvalue weighted by molar-refractivity contribution is 0.0846. The van der Waals surface area contributed by atoms with Crippen molar-refractivity contribution in [2.24, 2.45) is 0 Å². The Hall–Kier alpha value is -3.52. The van der Waals surface area contributed by atoms with Crippen molar-refractivity contribution in [3.63, 3.8) is 0 Å². The Morgan fingerprint density at radius 1 is 1.20 bits per heavy atom. The fourth-order valence-corrected chi connectivity index (χ4v) is 6.37. The first-order chi connectivity index (χ1) is 19.9. The molecule has 4 heterocycles. The Kier molecular flexibility index (Phi) is 9.18. The number of methoxy groups -OCH3 is 1. The number of fused-ring (bicyclic) bond motifs is 1. The number of rotatable bonds is 9. The number of allylic oxidation sites excluding steroid dienone is 2. The highest BCUT2D eigenvalue weighted by molar-refractivity contribution is 6.09. The Morgan fingerprint density at radius 2 is 1.95 bits per heavy atom. The van der Waals surface area contributed by atoms with Gasteiger partial charge >= 0.3 is 0 Å². The Bertz CT molecular complexity index is 1390. The number of ether oxygens (including phenoxy) is 2. The van der Waals surface area contributed by atoms with Crippen LogP contribution in [-0.2, 0) is 20.8 Å². The predicted octanol–water partition coefficient (Wildman–Crippen LogP) is 4.59. The van der Waals surface area contributed by atoms with E-state index < -0.39 is 0 Å². The molecule has 2 aromatic rings. The summed E-state index contributed by atoms with van der Waals surface area (Å²) in [5.41, 5.74) is 4.84. The molecule has 3 aliphatic rings. The lowest BCUT2D eigenvalue weighted by atomic mass is 9.97. The van der Waals surface area contributed by atoms with E-state index in [2.05, 4.69) is 33.4 Å². The molecule has 9 nitrogen and oxygen atoms in total. The van der Waals surface area contributed by atoms with Crippen LogP contribution in [0.5, 0.6) is 0 Å². The molecule has 1 amide bonds. The van der Waals surface area contributed by atoms with Crippen molar-refractivity contribution in [1.29, 1.82) is 0 Å². The van der Waals surface area contributed by atoms with E-state index in [0.717, 1.165) is 85.9 Å². The second-order valence-electron chi connectivity index (χ2n) is 11.1. The normalized spacial score (nSPS) is 18.6. The van der Waals surface area contributed by atoms with E-state index in [1.807, 2.05) is 31.9 Å². The molecule has 1 aromatic heterocycles. The van der Waals surface area contributed by atoms with Crippen LogP contribution in [0.1, 0.15) is 67.6 Å². The molecular formula is C32H42N4O5. The minimum Gasteiger partial charge on any atom is -0.496 e. The number of dihydropyridines is 1. The third-order valence-corrected chi connectivity index (χ3v) is 8.46. The molecule has 3 aliphatic heterocycles. The largest absolute Gasteiger partial charge is 0.496 e. The van der Waals surface area contributed by atoms with Crippen LogP contribution in [0.15, 0.2) is 45.4 Å². The van der Waals surface area contributed by atoms with Crippen LogP contribution in [0, 0.1) is 6.92 Å². The number of amides is 1. The molecule has 1 aromatic carbocycles. The Morgan fingerprint density at radius 3 is 2.63 bits per heavy atom. The lowest BCUT2D eigenvalue weighted by Gasteiger charge is -2.36. The maximum absolute atomic E-state index is 14.0. The topological polar surface area (TPSA) is 96.3 Å². The van der Waals surface area contributed by atoms with Gasteiger partial charge in [0, 0.05) is 60.8 Å². The van der Waals surface area contributed by atoms with Crippen molar-refractivity contribution in [2.45, 2.75) is 65.5 Å². The highest BCUT2D eigenvalue weighted by atomic mass is 16.5. The number of likely N-dealkylation sites (tertiary alicyclic amines) is 1. The van der Waals surface area contributed by atoms with Crippen LogP contribution in [0.2, 0.25) is 0 Å². The summed E-state index contributed by atoms with van der Waals surface area (Å²) in [5.74, 6) is 3.13. The molecule has 0 saturated carbocycles. The average Bonchev–Trinajstić information content (AvgIpc) is 3.39. The Balaban J connectivity index is 1.52. The second-order valence-corrected chi connectivity index (χ2v) is 11.1. The number of nitrogens with one attached hydrogen (secondary N) is 2. The molecule has 9 heteroatoms. The number of hydrogen-bond donors (Lipinski definition) is 2. The SMILES string of the molecule is CCN(c1cc2oc(CN3CCCCC3)cc2c(C(=O)NCC2=C(OC)C=C(C)NC2=C=O)c1C)C1CCOCC1. The van der Waals surface area contributed by atoms with Gasteiger partial charge in [0.15, 0.2) is 5.94 Å². The number of carbonyl (C=O) groups excluding carboxylic acids is 2. The number of nitrogens with zero attached hydrogens (tertiary/aromatic N) is 2. The van der Waals surface area contributed by atoms with Crippen LogP contribution >= 0.6 is 0 Å². The maximum atomic E-state index is 14.0. The maximum Gasteiger partial charge on any atom is 0.252 e. The minimum atomic E-state index is -0.220. The van der Waals surface area contributed by atoms with E-state index >= 15 is 0 Å². The molecule has 0 aliphatic carbocycles. The predicted molar refractivity (Wildman–Crippen MR) is 159 cm³/mol. The fourth-order valence-electron chi connectivity index (χ4n) is 6.37. The fraction of sp³-hybridized carbons (Fsp3) is 0.531. The number of piperidine rings is 1. The highest BCUT2D eigenvalue weighted by Gasteiger charge is 2.28. The molecular weight excluding hydrogens is 520 g/mol. The van der Waals surface area contributed by atoms with E-state index in [1.54, 1.807) is 7.11 Å². The summed E-state index contributed by atoms with van der Waals surface area (Å²) < 4.78 is 17.6. The number of hydrogen-bond acceptors (Lipinski definition) is 8. The summed E-state index contributed by atoms with van der Waals surface area (Å²) in [6.07, 6.45) is 7.37. The van der Waals surface area contributed by atoms with E-state index in [9.17, 15) is 9.59 Å². The summed E-state index contributed by atoms with van der Waals surface area (Å²) in [4.78, 5) is 30.5. The van der Waals surface area contributed by atoms with Gasteiger partial charge in [-0.05, 0) is 77.2 Å². The zero-order valence-electron chi connectivity index (χ0n) is 24.7. The van der Waals surface area contributed by atoms with Crippen molar-refractivity contribution >= 4 is 28.5 Å². The number of furan rings is 1. The molecule has 220 valence electrons. The van der Waals surface area contributed by atoms with Gasteiger partial charge in [-0.1, -0.05) is 6.42 Å². The Labute approximate surface area is 242 Å². The van der Waals surface area contributed by atoms with Crippen LogP contribution < -0.4 is 15.5 Å². The molecule has 0 atom stereocenters. The van der Waals surface area contributed by atoms with Gasteiger partial charge in [0.2, 0.25) is 0 Å². The summed E-state index contributed by atoms with van der Waals surface area (Å²) in [6, 6.07) is 4.48. The van der Waals surface area contributed by atoms with Crippen LogP contribution in [0.4, 0.5) is 5.69 Å². The van der Waals surface area contributed by atoms with E-state index in [-0.39, 0.29) is 18.1 Å². The zero-order valence-corrected chi connectivity index (χ0v) is 24.7. The minimum absolute atomic E-state index is 0.116. The van der Waals surface area contributed by atoms with Gasteiger partial charge in [-0.2, -0.15) is 0 Å². The van der Waals surface area contributed by atoms with E-state index in [4.69, 9.17) is 13.9 Å². The van der Waals surface area contributed by atoms with Gasteiger partial charge < -0.3 is 29.4 Å². The van der Waals surface area contributed by atoms with E-state index in [1.165, 1.54) is 19.3 Å². The van der Waals surface area contributed by atoms with Gasteiger partial charge in [0.25, 0.3) is 5.91 Å². The van der Waals surface area contributed by atoms with E-state index in [0.29, 0.717) is 22.9 Å². The first kappa shape index (κ1) is 29.0. The number of carbonyl (C=O) groups is 1. The van der Waals surface area contributed by atoms with Crippen LogP contribution in [0.25, 0.3) is 11.0 Å². The first-order valence-corrected chi connectivity index (χ1v) is 14.8. The second kappa shape index (κ2) is 13.0. The monoisotopic (exact) mass is 562 g/mol. The van der Waals surface area contributed by atoms with Gasteiger partial charge in [0.1, 0.15) is 22.8 Å². The van der Waals surface area contributed by atoms with Crippen LogP contribution in [-0.4, -0.2) is 69.3 Å². The van der Waals surface area contributed by atoms with Crippen molar-refractivity contribution in [3.8, 4) is 0 Å². The van der Waals surface area contributed by atoms with Crippen molar-refractivity contribution in [1.82, 2.24) is 15.5 Å². The quantitative estimate of drug-likeness (QED) is 0.429. The van der Waals surface area contributed by atoms with Crippen molar-refractivity contribution in [3.05, 3.63) is 57.8 Å². The summed E-state index contributed by atoms with van der Waals surface area (Å²) in [6.45, 7) is 11.3. The summed E-state index contributed by atoms with van der Waals surface area (Å²) >= 11 is 0. The van der Waals surface area contributed by atoms with Gasteiger partial charge in [-0.15, -0.1) is 0 Å². The molecule has 2 N–H and O–H groups in total. The summed E-state index contributed by atoms with van der Waals surface area (Å²) in [7, 11) is 1.55. The smallest absolute Gasteiger partial charge is 0.252 e. The molecule has 0 bridgehead atoms. The van der Waals surface area contributed by atoms with Crippen molar-refractivity contribution in [2.75, 3.05) is 51.4 Å². The summed E-state index contributed by atoms with van der Waals surface area (Å²) in [5, 5.41) is 6.90. The highest BCUT2D eigenvalue weighted by Crippen LogP contribution is 2.36. The average molecular weight is 563 g/mol. The van der Waals surface area contributed by atoms with Gasteiger partial charge in [-0.3, -0.25) is 9.69 Å². The third-order valence-electron chi connectivity index (χ3n) is 8.46. The number of benzene rings is 1. The van der Waals surface area contributed by atoms with Crippen molar-refractivity contribution < 1.29 is 23.5 Å². The van der Waals surface area contributed by atoms with Gasteiger partial charge in [-0.25, -0.2) is 4.79 Å². The number of anilines is 1. The third kappa shape index (κ3) is 6.22. The molecule has 2 fully saturated rings. The molecule has 41 heavy (non-hydrogen) atoms. The zero-order chi connectivity index (χ0) is 28.9. The lowest BCUT2D eigenvalue weighted by Crippen LogP contribution is -2.40. The molecule has 2 saturated heterocycles. The van der Waals surface area contributed by atoms with Gasteiger partial charge in [0.05, 0.1) is 19.2 Å². The molecule has 0 unspecified atom stereocenters. The molecule has 0 radical (unpaired) electrons. The van der Waals surface area contributed by atoms with Crippen LogP contribution in [0.3, 0.4) is 0 Å². The molecule has 5 rings (SSSR count). The standard InChI is InChI=1S/C32H42N4O5/c1-5-36(23-9-13-40-14-10-23)28-17-30-25(16-24(41-30)19-35-11-7-6-8-12-35)31(22(28)3)32(38)33-18-26-27(20-37)34-21(2)15-29(26)39-4/h15-17,23,34H,5-14,18-19H2,1-4H3,(H,33,38). The molecule has 0 spiro atoms.